The molecule has 2 aromatic carbocycles. The van der Waals surface area contributed by atoms with Gasteiger partial charge in [0.25, 0.3) is 0 Å². The molecule has 0 spiro atoms. The van der Waals surface area contributed by atoms with Gasteiger partial charge in [-0.1, -0.05) is 48.5 Å². The third-order valence-electron chi connectivity index (χ3n) is 5.40. The lowest BCUT2D eigenvalue weighted by Crippen LogP contribution is -2.48. The van der Waals surface area contributed by atoms with E-state index in [0.717, 1.165) is 17.5 Å². The van der Waals surface area contributed by atoms with Crippen LogP contribution in [-0.4, -0.2) is 66.6 Å². The van der Waals surface area contributed by atoms with E-state index in [-0.39, 0.29) is 18.5 Å². The summed E-state index contributed by atoms with van der Waals surface area (Å²) in [5.74, 6) is -0.0870. The number of H-pyrrole nitrogens is 1. The molecule has 0 bridgehead atoms. The first-order valence-corrected chi connectivity index (χ1v) is 11.0. The molecular weight excluding hydrogens is 404 g/mol. The third-order valence-corrected chi connectivity index (χ3v) is 5.40. The molecule has 0 saturated carbocycles. The molecule has 3 aromatic rings. The molecule has 0 fully saturated rings. The van der Waals surface area contributed by atoms with Gasteiger partial charge >= 0.3 is 6.03 Å². The van der Waals surface area contributed by atoms with Gasteiger partial charge in [-0.05, 0) is 30.5 Å². The second-order valence-corrected chi connectivity index (χ2v) is 7.66. The highest BCUT2D eigenvalue weighted by Crippen LogP contribution is 2.19. The van der Waals surface area contributed by atoms with Gasteiger partial charge in [-0.3, -0.25) is 4.79 Å². The van der Waals surface area contributed by atoms with Crippen LogP contribution in [0.15, 0.2) is 60.8 Å². The minimum absolute atomic E-state index is 0.00983. The summed E-state index contributed by atoms with van der Waals surface area (Å²) in [5, 5.41) is 3.95. The smallest absolute Gasteiger partial charge is 0.317 e. The lowest BCUT2D eigenvalue weighted by Gasteiger charge is -2.28. The van der Waals surface area contributed by atoms with Crippen molar-refractivity contribution >= 4 is 22.8 Å². The first-order valence-electron chi connectivity index (χ1n) is 11.0. The van der Waals surface area contributed by atoms with Gasteiger partial charge in [-0.2, -0.15) is 0 Å². The molecule has 7 nitrogen and oxygen atoms in total. The Bertz CT molecular complexity index is 1000. The quantitative estimate of drug-likeness (QED) is 0.484. The maximum absolute atomic E-state index is 13.3. The molecule has 3 rings (SSSR count). The molecule has 0 aliphatic rings. The molecule has 0 radical (unpaired) electrons. The van der Waals surface area contributed by atoms with Gasteiger partial charge in [-0.25, -0.2) is 4.79 Å². The highest BCUT2D eigenvalue weighted by Gasteiger charge is 2.21. The summed E-state index contributed by atoms with van der Waals surface area (Å²) in [7, 11) is 1.58. The number of nitrogens with zero attached hydrogens (tertiary/aromatic N) is 2. The number of aromatic nitrogens is 1. The minimum atomic E-state index is -0.255. The highest BCUT2D eigenvalue weighted by molar-refractivity contribution is 5.85. The van der Waals surface area contributed by atoms with Crippen LogP contribution in [0.4, 0.5) is 4.79 Å². The summed E-state index contributed by atoms with van der Waals surface area (Å²) in [6.45, 7) is 4.16. The van der Waals surface area contributed by atoms with Crippen molar-refractivity contribution in [2.75, 3.05) is 39.9 Å². The van der Waals surface area contributed by atoms with Gasteiger partial charge in [0.1, 0.15) is 6.54 Å². The standard InChI is InChI=1S/C25H32N4O3/c1-3-26-25(31)29(15-16-32-2)19-24(30)28(18-20-9-5-4-6-10-20)14-13-21-17-27-23-12-8-7-11-22(21)23/h4-12,17,27H,3,13-16,18-19H2,1-2H3,(H,26,31). The summed E-state index contributed by atoms with van der Waals surface area (Å²) in [6.07, 6.45) is 2.73. The fourth-order valence-electron chi connectivity index (χ4n) is 3.67. The summed E-state index contributed by atoms with van der Waals surface area (Å²) >= 11 is 0. The molecule has 0 aliphatic heterocycles. The molecule has 1 heterocycles. The number of nitrogens with one attached hydrogen (secondary N) is 2. The number of carbonyl (C=O) groups is 2. The van der Waals surface area contributed by atoms with Crippen molar-refractivity contribution in [3.8, 4) is 0 Å². The van der Waals surface area contributed by atoms with Gasteiger partial charge in [-0.15, -0.1) is 0 Å². The Hall–Kier alpha value is -3.32. The van der Waals surface area contributed by atoms with Crippen LogP contribution in [0.1, 0.15) is 18.1 Å². The lowest BCUT2D eigenvalue weighted by molar-refractivity contribution is -0.132. The fourth-order valence-corrected chi connectivity index (χ4v) is 3.67. The van der Waals surface area contributed by atoms with E-state index in [4.69, 9.17) is 4.74 Å². The molecule has 170 valence electrons. The number of hydrogen-bond donors (Lipinski definition) is 2. The number of urea groups is 1. The number of amides is 3. The second kappa shape index (κ2) is 11.9. The fraction of sp³-hybridized carbons (Fsp3) is 0.360. The molecule has 3 amide bonds. The largest absolute Gasteiger partial charge is 0.383 e. The number of ether oxygens (including phenoxy) is 1. The molecule has 7 heteroatoms. The van der Waals surface area contributed by atoms with Gasteiger partial charge in [0, 0.05) is 50.4 Å². The first-order chi connectivity index (χ1) is 15.6. The average molecular weight is 437 g/mol. The van der Waals surface area contributed by atoms with Gasteiger partial charge in [0.2, 0.25) is 5.91 Å². The highest BCUT2D eigenvalue weighted by atomic mass is 16.5. The molecule has 0 aliphatic carbocycles. The number of aromatic amines is 1. The lowest BCUT2D eigenvalue weighted by atomic mass is 10.1. The number of benzene rings is 2. The van der Waals surface area contributed by atoms with Crippen LogP contribution >= 0.6 is 0 Å². The maximum Gasteiger partial charge on any atom is 0.317 e. The van der Waals surface area contributed by atoms with Crippen molar-refractivity contribution in [3.05, 3.63) is 71.9 Å². The molecular formula is C25H32N4O3. The van der Waals surface area contributed by atoms with E-state index in [0.29, 0.717) is 32.8 Å². The van der Waals surface area contributed by atoms with Crippen LogP contribution in [0.3, 0.4) is 0 Å². The molecule has 2 N–H and O–H groups in total. The van der Waals surface area contributed by atoms with Crippen LogP contribution < -0.4 is 5.32 Å². The normalized spacial score (nSPS) is 10.8. The Morgan fingerprint density at radius 3 is 2.50 bits per heavy atom. The summed E-state index contributed by atoms with van der Waals surface area (Å²) in [6, 6.07) is 17.8. The van der Waals surface area contributed by atoms with Crippen LogP contribution in [0.2, 0.25) is 0 Å². The molecule has 0 unspecified atom stereocenters. The number of hydrogen-bond acceptors (Lipinski definition) is 3. The first kappa shape index (κ1) is 23.3. The van der Waals surface area contributed by atoms with E-state index in [2.05, 4.69) is 16.4 Å². The minimum Gasteiger partial charge on any atom is -0.383 e. The predicted molar refractivity (Wildman–Crippen MR) is 126 cm³/mol. The second-order valence-electron chi connectivity index (χ2n) is 7.66. The zero-order valence-electron chi connectivity index (χ0n) is 18.8. The Labute approximate surface area is 189 Å². The zero-order chi connectivity index (χ0) is 22.8. The SMILES string of the molecule is CCNC(=O)N(CCOC)CC(=O)N(CCc1c[nH]c2ccccc12)Cc1ccccc1. The van der Waals surface area contributed by atoms with E-state index in [1.54, 1.807) is 7.11 Å². The van der Waals surface area contributed by atoms with Crippen molar-refractivity contribution in [2.45, 2.75) is 19.9 Å². The van der Waals surface area contributed by atoms with Crippen LogP contribution in [0.25, 0.3) is 10.9 Å². The molecule has 1 aromatic heterocycles. The number of para-hydroxylation sites is 1. The predicted octanol–water partition coefficient (Wildman–Crippen LogP) is 3.42. The number of methoxy groups -OCH3 is 1. The van der Waals surface area contributed by atoms with E-state index >= 15 is 0 Å². The Balaban J connectivity index is 1.74. The molecule has 0 saturated heterocycles. The van der Waals surface area contributed by atoms with Crippen molar-refractivity contribution in [1.29, 1.82) is 0 Å². The van der Waals surface area contributed by atoms with E-state index in [1.807, 2.05) is 66.6 Å². The van der Waals surface area contributed by atoms with Crippen molar-refractivity contribution in [1.82, 2.24) is 20.1 Å². The Morgan fingerprint density at radius 2 is 1.75 bits per heavy atom. The Morgan fingerprint density at radius 1 is 1.00 bits per heavy atom. The van der Waals surface area contributed by atoms with Crippen LogP contribution in [-0.2, 0) is 22.5 Å². The van der Waals surface area contributed by atoms with Crippen LogP contribution in [0.5, 0.6) is 0 Å². The van der Waals surface area contributed by atoms with Gasteiger partial charge in [0.15, 0.2) is 0 Å². The third kappa shape index (κ3) is 6.34. The van der Waals surface area contributed by atoms with Crippen molar-refractivity contribution in [3.63, 3.8) is 0 Å². The topological polar surface area (TPSA) is 77.7 Å². The van der Waals surface area contributed by atoms with E-state index < -0.39 is 0 Å². The summed E-state index contributed by atoms with van der Waals surface area (Å²) in [4.78, 5) is 32.4. The van der Waals surface area contributed by atoms with Crippen molar-refractivity contribution in [2.24, 2.45) is 0 Å². The monoisotopic (exact) mass is 436 g/mol. The van der Waals surface area contributed by atoms with Gasteiger partial charge < -0.3 is 24.8 Å². The number of fused-ring (bicyclic) bond motifs is 1. The molecule has 0 atom stereocenters. The van der Waals surface area contributed by atoms with E-state index in [9.17, 15) is 9.59 Å². The maximum atomic E-state index is 13.3. The zero-order valence-corrected chi connectivity index (χ0v) is 18.8. The number of carbonyl (C=O) groups excluding carboxylic acids is 2. The van der Waals surface area contributed by atoms with E-state index in [1.165, 1.54) is 15.8 Å². The van der Waals surface area contributed by atoms with Crippen LogP contribution in [0, 0.1) is 0 Å². The summed E-state index contributed by atoms with van der Waals surface area (Å²) in [5.41, 5.74) is 3.32. The van der Waals surface area contributed by atoms with Crippen molar-refractivity contribution < 1.29 is 14.3 Å². The summed E-state index contributed by atoms with van der Waals surface area (Å²) < 4.78 is 5.13. The Kier molecular flexibility index (Phi) is 8.69. The molecule has 32 heavy (non-hydrogen) atoms. The number of rotatable bonds is 11. The van der Waals surface area contributed by atoms with Gasteiger partial charge in [0.05, 0.1) is 6.61 Å². The average Bonchev–Trinajstić information content (AvgIpc) is 3.23.